The van der Waals surface area contributed by atoms with Gasteiger partial charge in [-0.05, 0) is 54.1 Å². The van der Waals surface area contributed by atoms with Crippen LogP contribution < -0.4 is 19.5 Å². The number of ether oxygens (including phenoxy) is 3. The third-order valence-corrected chi connectivity index (χ3v) is 6.70. The summed E-state index contributed by atoms with van der Waals surface area (Å²) in [7, 11) is 1.58. The lowest BCUT2D eigenvalue weighted by Crippen LogP contribution is -2.33. The molecule has 0 aliphatic carbocycles. The third kappa shape index (κ3) is 5.25. The Morgan fingerprint density at radius 3 is 2.63 bits per heavy atom. The fourth-order valence-electron chi connectivity index (χ4n) is 3.76. The zero-order valence-corrected chi connectivity index (χ0v) is 19.8. The molecule has 35 heavy (non-hydrogen) atoms. The van der Waals surface area contributed by atoms with E-state index in [-0.39, 0.29) is 25.0 Å². The van der Waals surface area contributed by atoms with Crippen LogP contribution in [0, 0.1) is 0 Å². The first-order chi connectivity index (χ1) is 17.1. The van der Waals surface area contributed by atoms with Crippen LogP contribution in [-0.4, -0.2) is 41.0 Å². The van der Waals surface area contributed by atoms with E-state index in [0.29, 0.717) is 34.6 Å². The number of amides is 2. The second-order valence-electron chi connectivity index (χ2n) is 7.93. The van der Waals surface area contributed by atoms with Crippen LogP contribution in [-0.2, 0) is 16.1 Å². The van der Waals surface area contributed by atoms with E-state index in [1.807, 2.05) is 48.5 Å². The number of nitrogens with one attached hydrogen (secondary N) is 1. The number of nitrogens with zero attached hydrogens (tertiary/aromatic N) is 2. The molecule has 3 aromatic carbocycles. The molecule has 178 valence electrons. The van der Waals surface area contributed by atoms with E-state index in [4.69, 9.17) is 19.2 Å². The summed E-state index contributed by atoms with van der Waals surface area (Å²) in [5.41, 5.74) is 2.26. The predicted octanol–water partition coefficient (Wildman–Crippen LogP) is 4.58. The van der Waals surface area contributed by atoms with Gasteiger partial charge in [-0.1, -0.05) is 36.0 Å². The molecule has 1 unspecified atom stereocenters. The van der Waals surface area contributed by atoms with E-state index in [2.05, 4.69) is 5.32 Å². The van der Waals surface area contributed by atoms with E-state index < -0.39 is 5.25 Å². The maximum absolute atomic E-state index is 13.4. The molecule has 2 heterocycles. The summed E-state index contributed by atoms with van der Waals surface area (Å²) in [4.78, 5) is 32.4. The number of thioether (sulfide) groups is 1. The minimum atomic E-state index is -0.579. The van der Waals surface area contributed by atoms with Gasteiger partial charge in [-0.15, -0.1) is 0 Å². The van der Waals surface area contributed by atoms with Gasteiger partial charge in [0.25, 0.3) is 0 Å². The first kappa shape index (κ1) is 22.8. The maximum Gasteiger partial charge on any atom is 0.242 e. The molecule has 2 amide bonds. The van der Waals surface area contributed by atoms with Crippen LogP contribution in [0.3, 0.4) is 0 Å². The van der Waals surface area contributed by atoms with Gasteiger partial charge in [-0.3, -0.25) is 14.5 Å². The molecule has 3 aromatic rings. The standard InChI is InChI=1S/C26H23N3O5S/c1-32-20-10-8-19(9-11-20)27-24(30)14-23-25(31)29(26(35-23)28-18-5-3-2-4-6-18)15-17-7-12-21-22(13-17)34-16-33-21/h2-13,23H,14-16H2,1H3,(H,27,30). The van der Waals surface area contributed by atoms with Crippen molar-refractivity contribution in [1.82, 2.24) is 4.90 Å². The largest absolute Gasteiger partial charge is 0.497 e. The summed E-state index contributed by atoms with van der Waals surface area (Å²) in [5, 5.41) is 2.83. The Morgan fingerprint density at radius 2 is 1.86 bits per heavy atom. The molecule has 2 aliphatic heterocycles. The summed E-state index contributed by atoms with van der Waals surface area (Å²) < 4.78 is 16.0. The second-order valence-corrected chi connectivity index (χ2v) is 9.10. The molecule has 0 saturated carbocycles. The van der Waals surface area contributed by atoms with E-state index in [1.54, 1.807) is 36.3 Å². The molecule has 0 radical (unpaired) electrons. The zero-order valence-electron chi connectivity index (χ0n) is 19.0. The van der Waals surface area contributed by atoms with E-state index in [1.165, 1.54) is 11.8 Å². The van der Waals surface area contributed by atoms with Gasteiger partial charge in [0.2, 0.25) is 18.6 Å². The van der Waals surface area contributed by atoms with Gasteiger partial charge in [0.1, 0.15) is 11.0 Å². The lowest BCUT2D eigenvalue weighted by molar-refractivity contribution is -0.128. The number of hydrogen-bond acceptors (Lipinski definition) is 7. The Morgan fingerprint density at radius 1 is 1.09 bits per heavy atom. The monoisotopic (exact) mass is 489 g/mol. The Balaban J connectivity index is 1.34. The molecule has 1 atom stereocenters. The lowest BCUT2D eigenvalue weighted by atomic mass is 10.1. The highest BCUT2D eigenvalue weighted by Crippen LogP contribution is 2.36. The van der Waals surface area contributed by atoms with Gasteiger partial charge in [0.15, 0.2) is 16.7 Å². The van der Waals surface area contributed by atoms with Gasteiger partial charge in [-0.25, -0.2) is 4.99 Å². The summed E-state index contributed by atoms with van der Waals surface area (Å²) in [5.74, 6) is 1.63. The fraction of sp³-hybridized carbons (Fsp3) is 0.192. The molecule has 9 heteroatoms. The molecule has 0 spiro atoms. The van der Waals surface area contributed by atoms with Crippen LogP contribution in [0.15, 0.2) is 77.8 Å². The highest BCUT2D eigenvalue weighted by atomic mass is 32.2. The highest BCUT2D eigenvalue weighted by molar-refractivity contribution is 8.15. The number of benzene rings is 3. The number of anilines is 1. The number of para-hydroxylation sites is 1. The Bertz CT molecular complexity index is 1260. The fourth-order valence-corrected chi connectivity index (χ4v) is 4.92. The van der Waals surface area contributed by atoms with E-state index >= 15 is 0 Å². The highest BCUT2D eigenvalue weighted by Gasteiger charge is 2.39. The number of aliphatic imine (C=N–C) groups is 1. The van der Waals surface area contributed by atoms with Crippen molar-refractivity contribution in [3.05, 3.63) is 78.4 Å². The summed E-state index contributed by atoms with van der Waals surface area (Å²) in [6, 6.07) is 22.1. The maximum atomic E-state index is 13.4. The third-order valence-electron chi connectivity index (χ3n) is 5.52. The van der Waals surface area contributed by atoms with Crippen LogP contribution in [0.4, 0.5) is 11.4 Å². The summed E-state index contributed by atoms with van der Waals surface area (Å²) in [6.45, 7) is 0.494. The number of hydrogen-bond donors (Lipinski definition) is 1. The van der Waals surface area contributed by atoms with Crippen molar-refractivity contribution in [2.24, 2.45) is 4.99 Å². The number of carbonyl (C=O) groups excluding carboxylic acids is 2. The Kier molecular flexibility index (Phi) is 6.58. The average molecular weight is 490 g/mol. The predicted molar refractivity (Wildman–Crippen MR) is 134 cm³/mol. The van der Waals surface area contributed by atoms with Crippen molar-refractivity contribution < 1.29 is 23.8 Å². The second kappa shape index (κ2) is 10.1. The smallest absolute Gasteiger partial charge is 0.242 e. The molecule has 0 bridgehead atoms. The van der Waals surface area contributed by atoms with Gasteiger partial charge in [-0.2, -0.15) is 0 Å². The van der Waals surface area contributed by atoms with Crippen molar-refractivity contribution in [1.29, 1.82) is 0 Å². The number of methoxy groups -OCH3 is 1. The van der Waals surface area contributed by atoms with Crippen LogP contribution in [0.2, 0.25) is 0 Å². The summed E-state index contributed by atoms with van der Waals surface area (Å²) in [6.07, 6.45) is 0.0287. The normalized spacial score (nSPS) is 17.6. The number of rotatable bonds is 7. The molecule has 8 nitrogen and oxygen atoms in total. The quantitative estimate of drug-likeness (QED) is 0.522. The van der Waals surface area contributed by atoms with Crippen LogP contribution in [0.1, 0.15) is 12.0 Å². The van der Waals surface area contributed by atoms with Crippen molar-refractivity contribution in [3.8, 4) is 17.2 Å². The molecule has 1 fully saturated rings. The molecular weight excluding hydrogens is 466 g/mol. The van der Waals surface area contributed by atoms with Crippen molar-refractivity contribution >= 4 is 40.1 Å². The van der Waals surface area contributed by atoms with Crippen molar-refractivity contribution in [3.63, 3.8) is 0 Å². The topological polar surface area (TPSA) is 89.5 Å². The zero-order chi connectivity index (χ0) is 24.2. The minimum Gasteiger partial charge on any atom is -0.497 e. The lowest BCUT2D eigenvalue weighted by Gasteiger charge is -2.17. The van der Waals surface area contributed by atoms with Crippen LogP contribution >= 0.6 is 11.8 Å². The van der Waals surface area contributed by atoms with Gasteiger partial charge < -0.3 is 19.5 Å². The Hall–Kier alpha value is -3.98. The molecular formula is C26H23N3O5S. The molecule has 1 saturated heterocycles. The van der Waals surface area contributed by atoms with Gasteiger partial charge in [0.05, 0.1) is 19.3 Å². The first-order valence-electron chi connectivity index (χ1n) is 11.0. The molecule has 1 N–H and O–H groups in total. The van der Waals surface area contributed by atoms with E-state index in [9.17, 15) is 9.59 Å². The number of fused-ring (bicyclic) bond motifs is 1. The molecule has 2 aliphatic rings. The van der Waals surface area contributed by atoms with Crippen molar-refractivity contribution in [2.45, 2.75) is 18.2 Å². The van der Waals surface area contributed by atoms with Crippen LogP contribution in [0.25, 0.3) is 0 Å². The average Bonchev–Trinajstić information content (AvgIpc) is 3.45. The Labute approximate surface area is 206 Å². The SMILES string of the molecule is COc1ccc(NC(=O)CC2SC(=Nc3ccccc3)N(Cc3ccc4c(c3)OCO4)C2=O)cc1. The number of amidine groups is 1. The van der Waals surface area contributed by atoms with Crippen molar-refractivity contribution in [2.75, 3.05) is 19.2 Å². The first-order valence-corrected chi connectivity index (χ1v) is 11.9. The molecule has 0 aromatic heterocycles. The minimum absolute atomic E-state index is 0.0287. The number of carbonyl (C=O) groups is 2. The van der Waals surface area contributed by atoms with Gasteiger partial charge in [0, 0.05) is 12.1 Å². The van der Waals surface area contributed by atoms with Gasteiger partial charge >= 0.3 is 0 Å². The van der Waals surface area contributed by atoms with E-state index in [0.717, 1.165) is 11.3 Å². The summed E-state index contributed by atoms with van der Waals surface area (Å²) >= 11 is 1.30. The van der Waals surface area contributed by atoms with Crippen LogP contribution in [0.5, 0.6) is 17.2 Å². The molecule has 5 rings (SSSR count).